The molecule has 1 aromatic heterocycles. The molecule has 0 saturated carbocycles. The zero-order valence-electron chi connectivity index (χ0n) is 15.3. The monoisotopic (exact) mass is 521 g/mol. The second-order valence-corrected chi connectivity index (χ2v) is 10.0. The first-order valence-corrected chi connectivity index (χ1v) is 11.8. The number of aliphatic hydroxyl groups excluding tert-OH is 2. The van der Waals surface area contributed by atoms with Gasteiger partial charge in [-0.15, -0.1) is 0 Å². The normalized spacial score (nSPS) is 33.5. The van der Waals surface area contributed by atoms with Gasteiger partial charge < -0.3 is 34.5 Å². The Hall–Kier alpha value is -1.17. The maximum Gasteiger partial charge on any atom is 0.490 e. The average molecular weight is 521 g/mol. The SMILES string of the molecule is [2H][C@@]1(n2cc(F)c(=O)[nH]c2=O)O[C@](F)(COP(=O)(O)OP(=O)(O)OP(=O)(O)O)[C@@H](O)[C@H]1O. The fraction of sp³-hybridized carbons (Fsp3) is 0.556. The quantitative estimate of drug-likeness (QED) is 0.181. The van der Waals surface area contributed by atoms with E-state index in [4.69, 9.17) is 16.1 Å². The Morgan fingerprint density at radius 2 is 1.77 bits per heavy atom. The maximum absolute atomic E-state index is 15.0. The van der Waals surface area contributed by atoms with Crippen molar-refractivity contribution in [2.75, 3.05) is 6.61 Å². The lowest BCUT2D eigenvalue weighted by Crippen LogP contribution is -2.43. The van der Waals surface area contributed by atoms with E-state index in [-0.39, 0.29) is 10.8 Å². The molecule has 1 aliphatic rings. The molecule has 178 valence electrons. The number of aliphatic hydroxyl groups is 2. The van der Waals surface area contributed by atoms with Gasteiger partial charge in [-0.2, -0.15) is 13.0 Å². The van der Waals surface area contributed by atoms with Crippen molar-refractivity contribution in [2.45, 2.75) is 24.3 Å². The molecule has 2 heterocycles. The first kappa shape index (κ1) is 24.5. The van der Waals surface area contributed by atoms with Gasteiger partial charge in [0.1, 0.15) is 18.8 Å². The molecule has 0 aliphatic carbocycles. The van der Waals surface area contributed by atoms with Crippen molar-refractivity contribution >= 4 is 23.5 Å². The summed E-state index contributed by atoms with van der Waals surface area (Å²) in [5.74, 6) is -5.54. The number of H-pyrrole nitrogens is 1. The van der Waals surface area contributed by atoms with E-state index in [0.29, 0.717) is 0 Å². The molecular weight excluding hydrogens is 507 g/mol. The molecule has 2 rings (SSSR count). The van der Waals surface area contributed by atoms with Gasteiger partial charge in [-0.05, 0) is 0 Å². The molecule has 1 aromatic rings. The lowest BCUT2D eigenvalue weighted by Gasteiger charge is -2.24. The molecule has 1 fully saturated rings. The Kier molecular flexibility index (Phi) is 6.82. The van der Waals surface area contributed by atoms with Crippen molar-refractivity contribution in [3.63, 3.8) is 0 Å². The van der Waals surface area contributed by atoms with Crippen LogP contribution in [0.1, 0.15) is 7.57 Å². The van der Waals surface area contributed by atoms with Crippen LogP contribution in [0.4, 0.5) is 8.78 Å². The number of hydrogen-bond acceptors (Lipinski definition) is 11. The van der Waals surface area contributed by atoms with E-state index < -0.39 is 71.4 Å². The predicted octanol–water partition coefficient (Wildman–Crippen LogP) is -2.06. The Balaban J connectivity index is 2.26. The van der Waals surface area contributed by atoms with Gasteiger partial charge in [-0.25, -0.2) is 22.9 Å². The first-order chi connectivity index (χ1) is 14.2. The topological polar surface area (TPSA) is 264 Å². The standard InChI is InChI=1S/C9H13F2N2O15P3/c10-3-1-13(8(17)12-6(3)16)7-4(14)5(15)9(11,26-7)2-25-30(21,22)28-31(23,24)27-29(18,19)20/h1,4-5,7,14-15H,2H2,(H,21,22)(H,23,24)(H,12,16,17)(H2,18,19,20)/t4-,5+,7-,9-/m1/s1/i7D. The summed E-state index contributed by atoms with van der Waals surface area (Å²) in [4.78, 5) is 59.4. The molecule has 22 heteroatoms. The van der Waals surface area contributed by atoms with E-state index in [1.165, 1.54) is 4.98 Å². The zero-order valence-corrected chi connectivity index (χ0v) is 17.0. The van der Waals surface area contributed by atoms with E-state index >= 15 is 0 Å². The summed E-state index contributed by atoms with van der Waals surface area (Å²) in [7, 11) is -17.6. The highest BCUT2D eigenvalue weighted by Crippen LogP contribution is 2.66. The number of hydrogen-bond donors (Lipinski definition) is 7. The molecule has 1 saturated heterocycles. The summed E-state index contributed by atoms with van der Waals surface area (Å²) in [6.45, 7) is -1.98. The molecule has 17 nitrogen and oxygen atoms in total. The third-order valence-corrected chi connectivity index (χ3v) is 7.03. The number of aromatic amines is 1. The summed E-state index contributed by atoms with van der Waals surface area (Å²) >= 11 is 0. The van der Waals surface area contributed by atoms with Crippen molar-refractivity contribution in [2.24, 2.45) is 0 Å². The number of ether oxygens (including phenoxy) is 1. The second kappa shape index (κ2) is 8.64. The highest BCUT2D eigenvalue weighted by atomic mass is 31.3. The molecular formula is C9H13F2N2O15P3. The summed E-state index contributed by atoms with van der Waals surface area (Å²) in [5, 5.41) is 19.8. The number of alkyl halides is 1. The molecule has 0 spiro atoms. The molecule has 0 amide bonds. The average Bonchev–Trinajstić information content (AvgIpc) is 2.75. The fourth-order valence-electron chi connectivity index (χ4n) is 2.06. The van der Waals surface area contributed by atoms with E-state index in [9.17, 15) is 47.2 Å². The molecule has 0 aromatic carbocycles. The second-order valence-electron chi connectivity index (χ2n) is 5.59. The van der Waals surface area contributed by atoms with Crippen LogP contribution in [0.3, 0.4) is 0 Å². The lowest BCUT2D eigenvalue weighted by molar-refractivity contribution is -0.205. The minimum Gasteiger partial charge on any atom is -0.385 e. The smallest absolute Gasteiger partial charge is 0.385 e. The van der Waals surface area contributed by atoms with Crippen molar-refractivity contribution in [3.05, 3.63) is 32.9 Å². The summed E-state index contributed by atoms with van der Waals surface area (Å²) in [6, 6.07) is 0. The molecule has 0 radical (unpaired) electrons. The Morgan fingerprint density at radius 3 is 2.32 bits per heavy atom. The van der Waals surface area contributed by atoms with Gasteiger partial charge in [0.15, 0.2) is 6.20 Å². The molecule has 2 unspecified atom stereocenters. The molecule has 0 bridgehead atoms. The van der Waals surface area contributed by atoms with Crippen molar-refractivity contribution in [3.8, 4) is 0 Å². The first-order valence-electron chi connectivity index (χ1n) is 7.77. The molecule has 6 atom stereocenters. The van der Waals surface area contributed by atoms with Gasteiger partial charge in [0, 0.05) is 0 Å². The van der Waals surface area contributed by atoms with Crippen LogP contribution in [-0.2, 0) is 31.6 Å². The van der Waals surface area contributed by atoms with Crippen LogP contribution in [0.15, 0.2) is 15.8 Å². The third-order valence-electron chi connectivity index (χ3n) is 3.24. The van der Waals surface area contributed by atoms with Gasteiger partial charge in [0.05, 0.1) is 7.57 Å². The summed E-state index contributed by atoms with van der Waals surface area (Å²) < 4.78 is 84.6. The van der Waals surface area contributed by atoms with E-state index in [2.05, 4.69) is 17.9 Å². The fourth-order valence-corrected chi connectivity index (χ4v) is 5.09. The van der Waals surface area contributed by atoms with Crippen LogP contribution >= 0.6 is 23.5 Å². The highest BCUT2D eigenvalue weighted by molar-refractivity contribution is 7.66. The largest absolute Gasteiger partial charge is 0.490 e. The molecule has 1 aliphatic heterocycles. The summed E-state index contributed by atoms with van der Waals surface area (Å²) in [5.41, 5.74) is -3.16. The van der Waals surface area contributed by atoms with Gasteiger partial charge in [-0.3, -0.25) is 18.9 Å². The summed E-state index contributed by atoms with van der Waals surface area (Å²) in [6.07, 6.45) is -8.93. The maximum atomic E-state index is 15.0. The number of nitrogens with one attached hydrogen (secondary N) is 1. The predicted molar refractivity (Wildman–Crippen MR) is 87.1 cm³/mol. The van der Waals surface area contributed by atoms with Crippen LogP contribution < -0.4 is 11.2 Å². The van der Waals surface area contributed by atoms with Crippen LogP contribution in [0.25, 0.3) is 0 Å². The number of phosphoric acid groups is 3. The number of nitrogens with zero attached hydrogens (tertiary/aromatic N) is 1. The zero-order chi connectivity index (χ0) is 24.9. The van der Waals surface area contributed by atoms with Crippen molar-refractivity contribution in [1.29, 1.82) is 0 Å². The van der Waals surface area contributed by atoms with E-state index in [0.717, 1.165) is 0 Å². The number of halogens is 2. The van der Waals surface area contributed by atoms with Crippen LogP contribution in [-0.4, -0.2) is 64.0 Å². The number of aromatic nitrogens is 2. The lowest BCUT2D eigenvalue weighted by atomic mass is 10.1. The minimum absolute atomic E-state index is 0.0260. The van der Waals surface area contributed by atoms with Gasteiger partial charge in [-0.1, -0.05) is 0 Å². The van der Waals surface area contributed by atoms with E-state index in [1.54, 1.807) is 0 Å². The Bertz CT molecular complexity index is 1150. The third kappa shape index (κ3) is 6.43. The molecule has 31 heavy (non-hydrogen) atoms. The molecule has 7 N–H and O–H groups in total. The highest BCUT2D eigenvalue weighted by Gasteiger charge is 2.57. The van der Waals surface area contributed by atoms with Crippen LogP contribution in [0.5, 0.6) is 0 Å². The van der Waals surface area contributed by atoms with Gasteiger partial charge in [0.25, 0.3) is 11.4 Å². The van der Waals surface area contributed by atoms with Gasteiger partial charge in [0.2, 0.25) is 5.82 Å². The van der Waals surface area contributed by atoms with Crippen molar-refractivity contribution < 1.29 is 71.5 Å². The number of rotatable bonds is 8. The van der Waals surface area contributed by atoms with Crippen molar-refractivity contribution in [1.82, 2.24) is 9.55 Å². The number of phosphoric ester groups is 1. The Morgan fingerprint density at radius 1 is 1.19 bits per heavy atom. The van der Waals surface area contributed by atoms with E-state index in [1.807, 2.05) is 0 Å². The Labute approximate surface area is 169 Å². The van der Waals surface area contributed by atoms with Crippen LogP contribution in [0, 0.1) is 5.82 Å². The minimum atomic E-state index is -5.97. The van der Waals surface area contributed by atoms with Crippen LogP contribution in [0.2, 0.25) is 0 Å². The van der Waals surface area contributed by atoms with Gasteiger partial charge >= 0.3 is 29.2 Å².